The Balaban J connectivity index is 1.69. The highest BCUT2D eigenvalue weighted by Crippen LogP contribution is 2.38. The quantitative estimate of drug-likeness (QED) is 0.464. The van der Waals surface area contributed by atoms with Crippen LogP contribution in [-0.2, 0) is 4.74 Å². The molecule has 0 aliphatic carbocycles. The highest BCUT2D eigenvalue weighted by molar-refractivity contribution is 6.30. The lowest BCUT2D eigenvalue weighted by Crippen LogP contribution is -2.28. The number of benzene rings is 2. The van der Waals surface area contributed by atoms with Gasteiger partial charge in [-0.15, -0.1) is 0 Å². The van der Waals surface area contributed by atoms with Gasteiger partial charge in [-0.25, -0.2) is 9.97 Å². The summed E-state index contributed by atoms with van der Waals surface area (Å²) in [5.41, 5.74) is 3.29. The molecule has 4 aromatic rings. The van der Waals surface area contributed by atoms with Crippen molar-refractivity contribution >= 4 is 34.1 Å². The predicted octanol–water partition coefficient (Wildman–Crippen LogP) is 3.75. The van der Waals surface area contributed by atoms with Gasteiger partial charge in [0.25, 0.3) is 0 Å². The Kier molecular flexibility index (Phi) is 4.88. The first-order valence-electron chi connectivity index (χ1n) is 9.53. The number of nitrogens with zero attached hydrogens (tertiary/aromatic N) is 3. The fraction of sp³-hybridized carbons (Fsp3) is 0.182. The van der Waals surface area contributed by atoms with E-state index in [9.17, 15) is 10.2 Å². The third kappa shape index (κ3) is 3.32. The van der Waals surface area contributed by atoms with Crippen LogP contribution in [-0.4, -0.2) is 43.6 Å². The summed E-state index contributed by atoms with van der Waals surface area (Å²) in [6, 6.07) is 17.2. The predicted molar refractivity (Wildman–Crippen MR) is 115 cm³/mol. The van der Waals surface area contributed by atoms with Crippen LogP contribution in [0.1, 0.15) is 6.23 Å². The van der Waals surface area contributed by atoms with Crippen LogP contribution >= 0.6 is 11.6 Å². The number of hydrogen-bond donors (Lipinski definition) is 3. The van der Waals surface area contributed by atoms with Gasteiger partial charge in [-0.1, -0.05) is 41.9 Å². The largest absolute Gasteiger partial charge is 0.388 e. The Morgan fingerprint density at radius 3 is 2.50 bits per heavy atom. The van der Waals surface area contributed by atoms with Crippen LogP contribution in [0.5, 0.6) is 0 Å². The average molecular weight is 423 g/mol. The summed E-state index contributed by atoms with van der Waals surface area (Å²) in [4.78, 5) is 8.93. The SMILES string of the molecule is O[C@@H]1[C@H](O)CO[C@H]1n1cc(-c2ccccc2)c2c(Nc3ccc(Cl)cc3)ncnc21. The summed E-state index contributed by atoms with van der Waals surface area (Å²) in [7, 11) is 0. The molecule has 3 atom stereocenters. The molecular formula is C22H19ClN4O3. The van der Waals surface area contributed by atoms with Crippen molar-refractivity contribution < 1.29 is 14.9 Å². The maximum absolute atomic E-state index is 10.4. The van der Waals surface area contributed by atoms with Gasteiger partial charge in [-0.2, -0.15) is 0 Å². The second kappa shape index (κ2) is 7.70. The summed E-state index contributed by atoms with van der Waals surface area (Å²) in [5.74, 6) is 0.618. The Hall–Kier alpha value is -2.97. The van der Waals surface area contributed by atoms with E-state index in [0.29, 0.717) is 16.5 Å². The Morgan fingerprint density at radius 1 is 1.03 bits per heavy atom. The highest BCUT2D eigenvalue weighted by Gasteiger charge is 2.37. The van der Waals surface area contributed by atoms with Gasteiger partial charge < -0.3 is 24.8 Å². The van der Waals surface area contributed by atoms with Crippen molar-refractivity contribution in [2.45, 2.75) is 18.4 Å². The molecule has 1 aliphatic heterocycles. The molecule has 0 spiro atoms. The third-order valence-electron chi connectivity index (χ3n) is 5.20. The van der Waals surface area contributed by atoms with E-state index in [0.717, 1.165) is 22.2 Å². The van der Waals surface area contributed by atoms with Gasteiger partial charge in [0, 0.05) is 22.5 Å². The van der Waals surface area contributed by atoms with Gasteiger partial charge in [0.05, 0.1) is 12.0 Å². The molecule has 152 valence electrons. The van der Waals surface area contributed by atoms with Gasteiger partial charge in [-0.05, 0) is 29.8 Å². The molecule has 0 amide bonds. The van der Waals surface area contributed by atoms with E-state index >= 15 is 0 Å². The Bertz CT molecular complexity index is 1180. The monoisotopic (exact) mass is 422 g/mol. The molecule has 0 bridgehead atoms. The Morgan fingerprint density at radius 2 is 1.80 bits per heavy atom. The van der Waals surface area contributed by atoms with Crippen molar-refractivity contribution in [1.82, 2.24) is 14.5 Å². The molecule has 1 fully saturated rings. The molecule has 1 saturated heterocycles. The van der Waals surface area contributed by atoms with E-state index in [2.05, 4.69) is 15.3 Å². The number of aliphatic hydroxyl groups is 2. The molecular weight excluding hydrogens is 404 g/mol. The zero-order chi connectivity index (χ0) is 20.7. The molecule has 0 saturated carbocycles. The number of anilines is 2. The van der Waals surface area contributed by atoms with Crippen LogP contribution < -0.4 is 5.32 Å². The van der Waals surface area contributed by atoms with Crippen molar-refractivity contribution in [2.75, 3.05) is 11.9 Å². The van der Waals surface area contributed by atoms with Crippen molar-refractivity contribution in [3.63, 3.8) is 0 Å². The minimum absolute atomic E-state index is 0.0626. The van der Waals surface area contributed by atoms with Gasteiger partial charge in [0.2, 0.25) is 0 Å². The molecule has 0 radical (unpaired) electrons. The molecule has 3 N–H and O–H groups in total. The molecule has 2 aromatic heterocycles. The minimum atomic E-state index is -1.05. The van der Waals surface area contributed by atoms with Crippen molar-refractivity contribution in [3.8, 4) is 11.1 Å². The standard InChI is InChI=1S/C22H19ClN4O3/c23-14-6-8-15(9-7-14)26-20-18-16(13-4-2-1-3-5-13)10-27(21(18)25-12-24-20)22-19(29)17(28)11-30-22/h1-10,12,17,19,22,28-29H,11H2,(H,24,25,26)/t17-,19-,22-/m1/s1. The van der Waals surface area contributed by atoms with Crippen molar-refractivity contribution in [3.05, 3.63) is 72.1 Å². The summed E-state index contributed by atoms with van der Waals surface area (Å²) in [6.45, 7) is 0.0626. The number of rotatable bonds is 4. The molecule has 8 heteroatoms. The molecule has 3 heterocycles. The van der Waals surface area contributed by atoms with E-state index in [1.807, 2.05) is 48.7 Å². The fourth-order valence-corrected chi connectivity index (χ4v) is 3.84. The normalized spacial score (nSPS) is 21.2. The highest BCUT2D eigenvalue weighted by atomic mass is 35.5. The van der Waals surface area contributed by atoms with E-state index in [-0.39, 0.29) is 6.61 Å². The Labute approximate surface area is 177 Å². The lowest BCUT2D eigenvalue weighted by atomic mass is 10.1. The van der Waals surface area contributed by atoms with Gasteiger partial charge in [-0.3, -0.25) is 0 Å². The molecule has 2 aromatic carbocycles. The topological polar surface area (TPSA) is 92.4 Å². The van der Waals surface area contributed by atoms with E-state index < -0.39 is 18.4 Å². The lowest BCUT2D eigenvalue weighted by Gasteiger charge is -2.17. The number of nitrogens with one attached hydrogen (secondary N) is 1. The van der Waals surface area contributed by atoms with Crippen LogP contribution in [0, 0.1) is 0 Å². The van der Waals surface area contributed by atoms with E-state index in [1.54, 1.807) is 16.7 Å². The maximum atomic E-state index is 10.4. The number of fused-ring (bicyclic) bond motifs is 1. The number of hydrogen-bond acceptors (Lipinski definition) is 6. The summed E-state index contributed by atoms with van der Waals surface area (Å²) >= 11 is 6.00. The number of halogens is 1. The smallest absolute Gasteiger partial charge is 0.164 e. The van der Waals surface area contributed by atoms with E-state index in [4.69, 9.17) is 16.3 Å². The first kappa shape index (κ1) is 19.0. The first-order valence-corrected chi connectivity index (χ1v) is 9.91. The van der Waals surface area contributed by atoms with Gasteiger partial charge in [0.15, 0.2) is 6.23 Å². The first-order chi connectivity index (χ1) is 14.6. The molecule has 30 heavy (non-hydrogen) atoms. The molecule has 5 rings (SSSR count). The van der Waals surface area contributed by atoms with Crippen LogP contribution in [0.15, 0.2) is 67.1 Å². The van der Waals surface area contributed by atoms with Crippen LogP contribution in [0.2, 0.25) is 5.02 Å². The van der Waals surface area contributed by atoms with Crippen molar-refractivity contribution in [1.29, 1.82) is 0 Å². The lowest BCUT2D eigenvalue weighted by molar-refractivity contribution is -0.0159. The van der Waals surface area contributed by atoms with E-state index in [1.165, 1.54) is 6.33 Å². The van der Waals surface area contributed by atoms with Crippen molar-refractivity contribution in [2.24, 2.45) is 0 Å². The maximum Gasteiger partial charge on any atom is 0.164 e. The molecule has 0 unspecified atom stereocenters. The fourth-order valence-electron chi connectivity index (χ4n) is 3.71. The van der Waals surface area contributed by atoms with Crippen LogP contribution in [0.25, 0.3) is 22.2 Å². The minimum Gasteiger partial charge on any atom is -0.388 e. The van der Waals surface area contributed by atoms with Crippen LogP contribution in [0.3, 0.4) is 0 Å². The van der Waals surface area contributed by atoms with Gasteiger partial charge >= 0.3 is 0 Å². The number of aromatic nitrogens is 3. The number of aliphatic hydroxyl groups excluding tert-OH is 2. The zero-order valence-electron chi connectivity index (χ0n) is 15.8. The second-order valence-corrected chi connectivity index (χ2v) is 7.59. The summed E-state index contributed by atoms with van der Waals surface area (Å²) < 4.78 is 7.42. The van der Waals surface area contributed by atoms with Crippen LogP contribution in [0.4, 0.5) is 11.5 Å². The summed E-state index contributed by atoms with van der Waals surface area (Å²) in [5, 5.41) is 25.1. The second-order valence-electron chi connectivity index (χ2n) is 7.15. The average Bonchev–Trinajstić information content (AvgIpc) is 3.31. The third-order valence-corrected chi connectivity index (χ3v) is 5.45. The van der Waals surface area contributed by atoms with Gasteiger partial charge in [0.1, 0.15) is 30.0 Å². The molecule has 1 aliphatic rings. The zero-order valence-corrected chi connectivity index (χ0v) is 16.6. The summed E-state index contributed by atoms with van der Waals surface area (Å²) in [6.07, 6.45) is 0.614. The molecule has 7 nitrogen and oxygen atoms in total. The number of ether oxygens (including phenoxy) is 1.